The van der Waals surface area contributed by atoms with Crippen molar-refractivity contribution in [3.8, 4) is 0 Å². The molecular weight excluding hydrogens is 208 g/mol. The molecule has 94 valence electrons. The van der Waals surface area contributed by atoms with Gasteiger partial charge in [-0.15, -0.1) is 0 Å². The van der Waals surface area contributed by atoms with Crippen molar-refractivity contribution in [1.29, 1.82) is 0 Å². The fraction of sp³-hybridized carbons (Fsp3) is 0.438. The van der Waals surface area contributed by atoms with Crippen LogP contribution in [0.3, 0.4) is 0 Å². The molecule has 1 nitrogen and oxygen atoms in total. The Balaban J connectivity index is 3.87. The second-order valence-corrected chi connectivity index (χ2v) is 4.61. The van der Waals surface area contributed by atoms with Crippen molar-refractivity contribution in [2.45, 2.75) is 40.0 Å². The molecule has 0 aliphatic rings. The molecule has 0 spiro atoms. The molecule has 0 bridgehead atoms. The Hall–Kier alpha value is -1.37. The Bertz CT molecular complexity index is 314. The van der Waals surface area contributed by atoms with Gasteiger partial charge in [0, 0.05) is 6.42 Å². The van der Waals surface area contributed by atoms with E-state index in [9.17, 15) is 4.79 Å². The van der Waals surface area contributed by atoms with Gasteiger partial charge in [0.25, 0.3) is 0 Å². The molecule has 0 rings (SSSR count). The zero-order chi connectivity index (χ0) is 13.1. The molecule has 0 saturated carbocycles. The molecule has 1 heteroatoms. The maximum atomic E-state index is 11.6. The Labute approximate surface area is 106 Å². The average molecular weight is 232 g/mol. The molecular formula is C16H24O. The lowest BCUT2D eigenvalue weighted by Crippen LogP contribution is -2.02. The highest BCUT2D eigenvalue weighted by molar-refractivity contribution is 5.89. The molecule has 0 N–H and O–H groups in total. The molecule has 0 aliphatic heterocycles. The van der Waals surface area contributed by atoms with Gasteiger partial charge in [-0.2, -0.15) is 0 Å². The van der Waals surface area contributed by atoms with Gasteiger partial charge in [-0.1, -0.05) is 49.5 Å². The third-order valence-corrected chi connectivity index (χ3v) is 2.40. The van der Waals surface area contributed by atoms with E-state index in [0.29, 0.717) is 12.3 Å². The number of carbonyl (C=O) groups is 1. The first kappa shape index (κ1) is 15.6. The lowest BCUT2D eigenvalue weighted by molar-refractivity contribution is -0.115. The number of ketones is 1. The first-order valence-corrected chi connectivity index (χ1v) is 6.18. The number of carbonyl (C=O) groups excluding carboxylic acids is 1. The summed E-state index contributed by atoms with van der Waals surface area (Å²) < 4.78 is 0. The van der Waals surface area contributed by atoms with Gasteiger partial charge in [0.05, 0.1) is 0 Å². The predicted octanol–water partition coefficient (Wildman–Crippen LogP) is 4.63. The van der Waals surface area contributed by atoms with Crippen molar-refractivity contribution < 1.29 is 4.79 Å². The summed E-state index contributed by atoms with van der Waals surface area (Å²) in [6, 6.07) is 0. The van der Waals surface area contributed by atoms with Crippen LogP contribution in [0.5, 0.6) is 0 Å². The van der Waals surface area contributed by atoms with Crippen LogP contribution >= 0.6 is 0 Å². The van der Waals surface area contributed by atoms with E-state index < -0.39 is 0 Å². The maximum Gasteiger partial charge on any atom is 0.155 e. The molecule has 1 atom stereocenters. The minimum absolute atomic E-state index is 0.198. The van der Waals surface area contributed by atoms with Gasteiger partial charge < -0.3 is 0 Å². The maximum absolute atomic E-state index is 11.6. The van der Waals surface area contributed by atoms with E-state index in [2.05, 4.69) is 33.4 Å². The van der Waals surface area contributed by atoms with Crippen molar-refractivity contribution >= 4 is 5.78 Å². The Morgan fingerprint density at radius 3 is 2.53 bits per heavy atom. The van der Waals surface area contributed by atoms with Crippen LogP contribution in [-0.4, -0.2) is 5.78 Å². The van der Waals surface area contributed by atoms with Crippen molar-refractivity contribution in [3.05, 3.63) is 48.6 Å². The van der Waals surface area contributed by atoms with Gasteiger partial charge in [0.1, 0.15) is 0 Å². The summed E-state index contributed by atoms with van der Waals surface area (Å²) in [7, 11) is 0. The number of rotatable bonds is 8. The van der Waals surface area contributed by atoms with Crippen LogP contribution < -0.4 is 0 Å². The second kappa shape index (κ2) is 9.83. The fourth-order valence-corrected chi connectivity index (χ4v) is 1.48. The van der Waals surface area contributed by atoms with E-state index in [1.807, 2.05) is 12.2 Å². The van der Waals surface area contributed by atoms with Gasteiger partial charge in [-0.3, -0.25) is 4.79 Å². The van der Waals surface area contributed by atoms with Crippen molar-refractivity contribution in [2.75, 3.05) is 0 Å². The van der Waals surface area contributed by atoms with Gasteiger partial charge >= 0.3 is 0 Å². The summed E-state index contributed by atoms with van der Waals surface area (Å²) >= 11 is 0. The first-order chi connectivity index (χ1) is 8.06. The number of hydrogen-bond acceptors (Lipinski definition) is 1. The lowest BCUT2D eigenvalue weighted by Gasteiger charge is -2.06. The van der Waals surface area contributed by atoms with Gasteiger partial charge in [-0.05, 0) is 38.7 Å². The summed E-state index contributed by atoms with van der Waals surface area (Å²) in [5.74, 6) is 0.648. The molecule has 0 aromatic carbocycles. The molecule has 0 aromatic heterocycles. The average Bonchev–Trinajstić information content (AvgIpc) is 2.23. The summed E-state index contributed by atoms with van der Waals surface area (Å²) in [5.41, 5.74) is 1.35. The molecule has 0 fully saturated rings. The molecule has 1 unspecified atom stereocenters. The SMILES string of the molecule is C=CC=CC=CC(=O)CC(C)CCC=C(C)C. The van der Waals surface area contributed by atoms with Gasteiger partial charge in [-0.25, -0.2) is 0 Å². The van der Waals surface area contributed by atoms with Crippen molar-refractivity contribution in [1.82, 2.24) is 0 Å². The quantitative estimate of drug-likeness (QED) is 0.339. The largest absolute Gasteiger partial charge is 0.295 e. The summed E-state index contributed by atoms with van der Waals surface area (Å²) in [5, 5.41) is 0. The monoisotopic (exact) mass is 232 g/mol. The highest BCUT2D eigenvalue weighted by Gasteiger charge is 2.05. The molecule has 0 aliphatic carbocycles. The van der Waals surface area contributed by atoms with Gasteiger partial charge in [0.2, 0.25) is 0 Å². The first-order valence-electron chi connectivity index (χ1n) is 6.18. The zero-order valence-corrected chi connectivity index (χ0v) is 11.3. The Morgan fingerprint density at radius 1 is 1.24 bits per heavy atom. The predicted molar refractivity (Wildman–Crippen MR) is 75.9 cm³/mol. The van der Waals surface area contributed by atoms with Crippen LogP contribution in [0.4, 0.5) is 0 Å². The van der Waals surface area contributed by atoms with E-state index in [-0.39, 0.29) is 5.78 Å². The van der Waals surface area contributed by atoms with Crippen LogP contribution in [0.15, 0.2) is 48.6 Å². The fourth-order valence-electron chi connectivity index (χ4n) is 1.48. The van der Waals surface area contributed by atoms with E-state index in [1.165, 1.54) is 5.57 Å². The van der Waals surface area contributed by atoms with Crippen LogP contribution in [0.1, 0.15) is 40.0 Å². The van der Waals surface area contributed by atoms with Crippen LogP contribution in [0.2, 0.25) is 0 Å². The van der Waals surface area contributed by atoms with E-state index in [1.54, 1.807) is 18.2 Å². The molecule has 0 amide bonds. The van der Waals surface area contributed by atoms with E-state index in [0.717, 1.165) is 12.8 Å². The Morgan fingerprint density at radius 2 is 1.94 bits per heavy atom. The lowest BCUT2D eigenvalue weighted by atomic mass is 9.98. The molecule has 0 aromatic rings. The Kier molecular flexibility index (Phi) is 9.04. The third-order valence-electron chi connectivity index (χ3n) is 2.40. The summed E-state index contributed by atoms with van der Waals surface area (Å²) in [6.45, 7) is 9.90. The minimum Gasteiger partial charge on any atom is -0.295 e. The van der Waals surface area contributed by atoms with Crippen molar-refractivity contribution in [3.63, 3.8) is 0 Å². The number of hydrogen-bond donors (Lipinski definition) is 0. The van der Waals surface area contributed by atoms with E-state index in [4.69, 9.17) is 0 Å². The zero-order valence-electron chi connectivity index (χ0n) is 11.3. The van der Waals surface area contributed by atoms with Crippen molar-refractivity contribution in [2.24, 2.45) is 5.92 Å². The van der Waals surface area contributed by atoms with Gasteiger partial charge in [0.15, 0.2) is 5.78 Å². The molecule has 0 radical (unpaired) electrons. The third kappa shape index (κ3) is 10.9. The highest BCUT2D eigenvalue weighted by atomic mass is 16.1. The van der Waals surface area contributed by atoms with Crippen LogP contribution in [0, 0.1) is 5.92 Å². The molecule has 0 heterocycles. The summed E-state index contributed by atoms with van der Waals surface area (Å²) in [4.78, 5) is 11.6. The standard InChI is InChI=1S/C16H24O/c1-5-6-7-8-12-16(17)13-15(4)11-9-10-14(2)3/h5-8,10,12,15H,1,9,11,13H2,2-4H3. The van der Waals surface area contributed by atoms with Crippen LogP contribution in [0.25, 0.3) is 0 Å². The minimum atomic E-state index is 0.198. The smallest absolute Gasteiger partial charge is 0.155 e. The normalized spacial score (nSPS) is 12.9. The topological polar surface area (TPSA) is 17.1 Å². The molecule has 0 saturated heterocycles. The second-order valence-electron chi connectivity index (χ2n) is 4.61. The highest BCUT2D eigenvalue weighted by Crippen LogP contribution is 2.12. The summed E-state index contributed by atoms with van der Waals surface area (Å²) in [6.07, 6.45) is 13.7. The van der Waals surface area contributed by atoms with E-state index >= 15 is 0 Å². The van der Waals surface area contributed by atoms with Crippen LogP contribution in [-0.2, 0) is 4.79 Å². The number of allylic oxidation sites excluding steroid dienone is 7. The molecule has 17 heavy (non-hydrogen) atoms.